The summed E-state index contributed by atoms with van der Waals surface area (Å²) in [6.07, 6.45) is 6.36. The molecule has 2 unspecified atom stereocenters. The Morgan fingerprint density at radius 1 is 1.46 bits per heavy atom. The van der Waals surface area contributed by atoms with Crippen LogP contribution in [0, 0.1) is 0 Å². The van der Waals surface area contributed by atoms with Crippen molar-refractivity contribution in [3.05, 3.63) is 11.6 Å². The van der Waals surface area contributed by atoms with Gasteiger partial charge in [0.15, 0.2) is 0 Å². The number of allylic oxidation sites excluding steroid dienone is 1. The molecule has 0 bridgehead atoms. The predicted molar refractivity (Wildman–Crippen MR) is 55.9 cm³/mol. The summed E-state index contributed by atoms with van der Waals surface area (Å²) >= 11 is 0. The third-order valence-corrected chi connectivity index (χ3v) is 2.46. The van der Waals surface area contributed by atoms with Gasteiger partial charge in [0.1, 0.15) is 0 Å². The Labute approximate surface area is 81.4 Å². The van der Waals surface area contributed by atoms with E-state index in [0.29, 0.717) is 12.1 Å². The summed E-state index contributed by atoms with van der Waals surface area (Å²) in [6.45, 7) is 5.19. The normalized spacial score (nSPS) is 25.3. The van der Waals surface area contributed by atoms with Gasteiger partial charge in [0, 0.05) is 6.61 Å². The Morgan fingerprint density at radius 2 is 2.23 bits per heavy atom. The van der Waals surface area contributed by atoms with Crippen molar-refractivity contribution < 1.29 is 4.74 Å². The van der Waals surface area contributed by atoms with E-state index in [9.17, 15) is 0 Å². The number of likely N-dealkylation sites (N-methyl/N-ethyl adjacent to an activating group) is 1. The molecule has 0 amide bonds. The van der Waals surface area contributed by atoms with Crippen LogP contribution in [-0.4, -0.2) is 25.8 Å². The molecule has 2 nitrogen and oxygen atoms in total. The number of hydrogen-bond donors (Lipinski definition) is 1. The van der Waals surface area contributed by atoms with Crippen molar-refractivity contribution >= 4 is 0 Å². The molecule has 2 heteroatoms. The molecule has 1 rings (SSSR count). The SMILES string of the molecule is CNC(C=C(C)C)C1CCCCO1. The molecule has 0 aromatic heterocycles. The first-order valence-corrected chi connectivity index (χ1v) is 5.18. The maximum atomic E-state index is 5.72. The highest BCUT2D eigenvalue weighted by Gasteiger charge is 2.20. The minimum atomic E-state index is 0.383. The molecule has 1 aliphatic heterocycles. The zero-order valence-corrected chi connectivity index (χ0v) is 8.97. The quantitative estimate of drug-likeness (QED) is 0.677. The molecule has 0 spiro atoms. The fourth-order valence-electron chi connectivity index (χ4n) is 1.78. The Morgan fingerprint density at radius 3 is 2.69 bits per heavy atom. The Balaban J connectivity index is 2.49. The zero-order valence-electron chi connectivity index (χ0n) is 8.97. The molecule has 76 valence electrons. The van der Waals surface area contributed by atoms with Crippen LogP contribution < -0.4 is 5.32 Å². The summed E-state index contributed by atoms with van der Waals surface area (Å²) in [5, 5.41) is 3.30. The van der Waals surface area contributed by atoms with E-state index in [1.54, 1.807) is 0 Å². The van der Waals surface area contributed by atoms with Gasteiger partial charge in [0.05, 0.1) is 12.1 Å². The molecule has 0 saturated carbocycles. The maximum absolute atomic E-state index is 5.72. The summed E-state index contributed by atoms with van der Waals surface area (Å²) in [6, 6.07) is 0.394. The van der Waals surface area contributed by atoms with Crippen molar-refractivity contribution in [2.24, 2.45) is 0 Å². The molecule has 1 fully saturated rings. The van der Waals surface area contributed by atoms with E-state index in [1.165, 1.54) is 24.8 Å². The largest absolute Gasteiger partial charge is 0.376 e. The molecule has 1 N–H and O–H groups in total. The van der Waals surface area contributed by atoms with Gasteiger partial charge in [-0.15, -0.1) is 0 Å². The molecule has 1 heterocycles. The van der Waals surface area contributed by atoms with Crippen molar-refractivity contribution in [1.29, 1.82) is 0 Å². The van der Waals surface area contributed by atoms with Crippen molar-refractivity contribution in [3.63, 3.8) is 0 Å². The summed E-state index contributed by atoms with van der Waals surface area (Å²) in [7, 11) is 2.00. The van der Waals surface area contributed by atoms with E-state index in [-0.39, 0.29) is 0 Å². The lowest BCUT2D eigenvalue weighted by Crippen LogP contribution is -2.39. The van der Waals surface area contributed by atoms with Gasteiger partial charge in [0.25, 0.3) is 0 Å². The number of ether oxygens (including phenoxy) is 1. The molecular formula is C11H21NO. The molecule has 1 saturated heterocycles. The molecule has 0 aliphatic carbocycles. The fourth-order valence-corrected chi connectivity index (χ4v) is 1.78. The van der Waals surface area contributed by atoms with Gasteiger partial charge < -0.3 is 10.1 Å². The monoisotopic (exact) mass is 183 g/mol. The van der Waals surface area contributed by atoms with Crippen LogP contribution in [0.25, 0.3) is 0 Å². The highest BCUT2D eigenvalue weighted by Crippen LogP contribution is 2.17. The maximum Gasteiger partial charge on any atom is 0.0763 e. The van der Waals surface area contributed by atoms with Crippen LogP contribution in [0.3, 0.4) is 0 Å². The van der Waals surface area contributed by atoms with Crippen LogP contribution in [-0.2, 0) is 4.74 Å². The van der Waals surface area contributed by atoms with Crippen molar-refractivity contribution in [2.45, 2.75) is 45.3 Å². The first-order chi connectivity index (χ1) is 6.24. The van der Waals surface area contributed by atoms with Gasteiger partial charge >= 0.3 is 0 Å². The van der Waals surface area contributed by atoms with Crippen LogP contribution in [0.5, 0.6) is 0 Å². The number of rotatable bonds is 3. The highest BCUT2D eigenvalue weighted by molar-refractivity contribution is 5.03. The molecular weight excluding hydrogens is 162 g/mol. The smallest absolute Gasteiger partial charge is 0.0763 e. The highest BCUT2D eigenvalue weighted by atomic mass is 16.5. The lowest BCUT2D eigenvalue weighted by Gasteiger charge is -2.28. The first kappa shape index (κ1) is 10.7. The van der Waals surface area contributed by atoms with E-state index < -0.39 is 0 Å². The second-order valence-electron chi connectivity index (χ2n) is 3.96. The Hall–Kier alpha value is -0.340. The van der Waals surface area contributed by atoms with Crippen molar-refractivity contribution in [3.8, 4) is 0 Å². The minimum absolute atomic E-state index is 0.383. The molecule has 0 aromatic rings. The first-order valence-electron chi connectivity index (χ1n) is 5.18. The van der Waals surface area contributed by atoms with Crippen molar-refractivity contribution in [2.75, 3.05) is 13.7 Å². The van der Waals surface area contributed by atoms with E-state index in [0.717, 1.165) is 6.61 Å². The number of nitrogens with one attached hydrogen (secondary N) is 1. The van der Waals surface area contributed by atoms with Gasteiger partial charge in [-0.2, -0.15) is 0 Å². The van der Waals surface area contributed by atoms with Crippen LogP contribution in [0.4, 0.5) is 0 Å². The van der Waals surface area contributed by atoms with Gasteiger partial charge in [0.2, 0.25) is 0 Å². The second kappa shape index (κ2) is 5.40. The van der Waals surface area contributed by atoms with Crippen LogP contribution in [0.1, 0.15) is 33.1 Å². The number of hydrogen-bond acceptors (Lipinski definition) is 2. The summed E-state index contributed by atoms with van der Waals surface area (Å²) < 4.78 is 5.72. The third kappa shape index (κ3) is 3.49. The van der Waals surface area contributed by atoms with Gasteiger partial charge in [-0.3, -0.25) is 0 Å². The van der Waals surface area contributed by atoms with Crippen molar-refractivity contribution in [1.82, 2.24) is 5.32 Å². The van der Waals surface area contributed by atoms with Gasteiger partial charge in [-0.25, -0.2) is 0 Å². The summed E-state index contributed by atoms with van der Waals surface area (Å²) in [5.74, 6) is 0. The van der Waals surface area contributed by atoms with E-state index in [4.69, 9.17) is 4.74 Å². The molecule has 13 heavy (non-hydrogen) atoms. The van der Waals surface area contributed by atoms with E-state index in [1.807, 2.05) is 7.05 Å². The van der Waals surface area contributed by atoms with E-state index in [2.05, 4.69) is 25.2 Å². The van der Waals surface area contributed by atoms with Crippen LogP contribution in [0.2, 0.25) is 0 Å². The molecule has 0 aromatic carbocycles. The molecule has 1 aliphatic rings. The van der Waals surface area contributed by atoms with Gasteiger partial charge in [-0.1, -0.05) is 11.6 Å². The fraction of sp³-hybridized carbons (Fsp3) is 0.818. The van der Waals surface area contributed by atoms with Crippen LogP contribution >= 0.6 is 0 Å². The van der Waals surface area contributed by atoms with Gasteiger partial charge in [-0.05, 0) is 40.2 Å². The van der Waals surface area contributed by atoms with Crippen LogP contribution in [0.15, 0.2) is 11.6 Å². The summed E-state index contributed by atoms with van der Waals surface area (Å²) in [5.41, 5.74) is 1.36. The zero-order chi connectivity index (χ0) is 9.68. The summed E-state index contributed by atoms with van der Waals surface area (Å²) in [4.78, 5) is 0. The third-order valence-electron chi connectivity index (χ3n) is 2.46. The lowest BCUT2D eigenvalue weighted by atomic mass is 10.0. The minimum Gasteiger partial charge on any atom is -0.376 e. The Bertz CT molecular complexity index is 167. The predicted octanol–water partition coefficient (Wildman–Crippen LogP) is 2.11. The van der Waals surface area contributed by atoms with E-state index >= 15 is 0 Å². The topological polar surface area (TPSA) is 21.3 Å². The lowest BCUT2D eigenvalue weighted by molar-refractivity contribution is 0.00345. The Kier molecular flexibility index (Phi) is 4.46. The standard InChI is InChI=1S/C11H21NO/c1-9(2)8-10(12-3)11-6-4-5-7-13-11/h8,10-12H,4-7H2,1-3H3. The molecule has 0 radical (unpaired) electrons. The average molecular weight is 183 g/mol. The second-order valence-corrected chi connectivity index (χ2v) is 3.96. The molecule has 2 atom stereocenters. The average Bonchev–Trinajstić information content (AvgIpc) is 2.15.